The molecule has 0 aliphatic carbocycles. The van der Waals surface area contributed by atoms with Crippen LogP contribution in [0.2, 0.25) is 0 Å². The highest BCUT2D eigenvalue weighted by Gasteiger charge is 2.40. The summed E-state index contributed by atoms with van der Waals surface area (Å²) in [6, 6.07) is 3.32. The first-order chi connectivity index (χ1) is 9.43. The fourth-order valence-corrected chi connectivity index (χ4v) is 2.36. The fourth-order valence-electron chi connectivity index (χ4n) is 2.36. The van der Waals surface area contributed by atoms with Crippen molar-refractivity contribution in [3.8, 4) is 0 Å². The smallest absolute Gasteiger partial charge is 0.328 e. The number of esters is 1. The number of benzene rings is 1. The predicted octanol–water partition coefficient (Wildman–Crippen LogP) is 0.883. The van der Waals surface area contributed by atoms with Crippen molar-refractivity contribution in [1.29, 1.82) is 0 Å². The highest BCUT2D eigenvalue weighted by atomic mass is 19.1. The normalized spacial score (nSPS) is 21.9. The number of hydrogen-bond donors (Lipinski definition) is 1. The molecule has 108 valence electrons. The van der Waals surface area contributed by atoms with Crippen molar-refractivity contribution in [2.24, 2.45) is 0 Å². The Morgan fingerprint density at radius 1 is 1.45 bits per heavy atom. The van der Waals surface area contributed by atoms with Gasteiger partial charge in [0.25, 0.3) is 5.91 Å². The summed E-state index contributed by atoms with van der Waals surface area (Å²) in [5, 5.41) is 9.64. The Labute approximate surface area is 116 Å². The van der Waals surface area contributed by atoms with Crippen LogP contribution in [0.1, 0.15) is 22.3 Å². The second-order valence-electron chi connectivity index (χ2n) is 4.87. The van der Waals surface area contributed by atoms with E-state index in [1.807, 2.05) is 0 Å². The first kappa shape index (κ1) is 14.5. The molecule has 1 fully saturated rings. The largest absolute Gasteiger partial charge is 0.467 e. The summed E-state index contributed by atoms with van der Waals surface area (Å²) in [6.07, 6.45) is -0.706. The molecule has 0 saturated carbocycles. The van der Waals surface area contributed by atoms with Gasteiger partial charge in [0.05, 0.1) is 18.8 Å². The van der Waals surface area contributed by atoms with Crippen LogP contribution in [0.4, 0.5) is 4.39 Å². The number of aryl methyl sites for hydroxylation is 1. The van der Waals surface area contributed by atoms with Crippen LogP contribution in [0.3, 0.4) is 0 Å². The summed E-state index contributed by atoms with van der Waals surface area (Å²) in [5.41, 5.74) is 0.636. The Morgan fingerprint density at radius 2 is 2.15 bits per heavy atom. The maximum Gasteiger partial charge on any atom is 0.328 e. The van der Waals surface area contributed by atoms with Crippen molar-refractivity contribution < 1.29 is 23.8 Å². The Kier molecular flexibility index (Phi) is 4.04. The summed E-state index contributed by atoms with van der Waals surface area (Å²) < 4.78 is 18.4. The van der Waals surface area contributed by atoms with Crippen molar-refractivity contribution in [3.05, 3.63) is 35.1 Å². The lowest BCUT2D eigenvalue weighted by molar-refractivity contribution is -0.145. The van der Waals surface area contributed by atoms with Gasteiger partial charge in [-0.2, -0.15) is 0 Å². The van der Waals surface area contributed by atoms with Crippen LogP contribution in [0.15, 0.2) is 18.2 Å². The van der Waals surface area contributed by atoms with Crippen molar-refractivity contribution in [3.63, 3.8) is 0 Å². The quantitative estimate of drug-likeness (QED) is 0.817. The SMILES string of the molecule is COC(=O)C1CC(O)CN1C(=O)c1cc(C)ccc1F. The number of rotatable bonds is 2. The number of β-amino-alcohol motifs (C(OH)–C–C–N with tert-alkyl or cyclic N) is 1. The number of halogens is 1. The predicted molar refractivity (Wildman–Crippen MR) is 68.6 cm³/mol. The number of methoxy groups -OCH3 is 1. The lowest BCUT2D eigenvalue weighted by Gasteiger charge is -2.22. The Balaban J connectivity index is 2.31. The molecule has 2 atom stereocenters. The van der Waals surface area contributed by atoms with Gasteiger partial charge in [-0.1, -0.05) is 11.6 Å². The molecule has 2 unspecified atom stereocenters. The monoisotopic (exact) mass is 281 g/mol. The lowest BCUT2D eigenvalue weighted by Crippen LogP contribution is -2.41. The number of carbonyl (C=O) groups is 2. The van der Waals surface area contributed by atoms with Gasteiger partial charge in [-0.15, -0.1) is 0 Å². The summed E-state index contributed by atoms with van der Waals surface area (Å²) in [6.45, 7) is 1.73. The van der Waals surface area contributed by atoms with Gasteiger partial charge in [0.15, 0.2) is 0 Å². The number of aliphatic hydroxyl groups is 1. The summed E-state index contributed by atoms with van der Waals surface area (Å²) in [7, 11) is 1.21. The van der Waals surface area contributed by atoms with Crippen LogP contribution in [-0.4, -0.2) is 47.7 Å². The average Bonchev–Trinajstić information content (AvgIpc) is 2.82. The Hall–Kier alpha value is -1.95. The molecular weight excluding hydrogens is 265 g/mol. The molecule has 1 aromatic carbocycles. The molecule has 1 N–H and O–H groups in total. The molecule has 1 amide bonds. The maximum atomic E-state index is 13.8. The number of carbonyl (C=O) groups excluding carboxylic acids is 2. The zero-order valence-corrected chi connectivity index (χ0v) is 11.3. The van der Waals surface area contributed by atoms with Crippen molar-refractivity contribution in [2.45, 2.75) is 25.5 Å². The van der Waals surface area contributed by atoms with Crippen LogP contribution in [-0.2, 0) is 9.53 Å². The third-order valence-electron chi connectivity index (χ3n) is 3.37. The van der Waals surface area contributed by atoms with Gasteiger partial charge < -0.3 is 14.7 Å². The molecule has 0 bridgehead atoms. The number of aliphatic hydroxyl groups excluding tert-OH is 1. The highest BCUT2D eigenvalue weighted by molar-refractivity contribution is 5.97. The standard InChI is InChI=1S/C14H16FNO4/c1-8-3-4-11(15)10(5-8)13(18)16-7-9(17)6-12(16)14(19)20-2/h3-5,9,12,17H,6-7H2,1-2H3. The van der Waals surface area contributed by atoms with Crippen molar-refractivity contribution in [1.82, 2.24) is 4.90 Å². The Bertz CT molecular complexity index is 546. The topological polar surface area (TPSA) is 66.8 Å². The van der Waals surface area contributed by atoms with Crippen LogP contribution >= 0.6 is 0 Å². The van der Waals surface area contributed by atoms with E-state index in [0.717, 1.165) is 10.5 Å². The molecule has 0 spiro atoms. The van der Waals surface area contributed by atoms with E-state index < -0.39 is 29.8 Å². The van der Waals surface area contributed by atoms with Crippen LogP contribution in [0.25, 0.3) is 0 Å². The third kappa shape index (κ3) is 2.65. The summed E-state index contributed by atoms with van der Waals surface area (Å²) in [4.78, 5) is 25.2. The van der Waals surface area contributed by atoms with Gasteiger partial charge in [0, 0.05) is 13.0 Å². The maximum absolute atomic E-state index is 13.8. The van der Waals surface area contributed by atoms with Gasteiger partial charge in [-0.05, 0) is 19.1 Å². The minimum Gasteiger partial charge on any atom is -0.467 e. The second-order valence-corrected chi connectivity index (χ2v) is 4.87. The summed E-state index contributed by atoms with van der Waals surface area (Å²) in [5.74, 6) is -1.87. The fraction of sp³-hybridized carbons (Fsp3) is 0.429. The van der Waals surface area contributed by atoms with E-state index in [0.29, 0.717) is 0 Å². The van der Waals surface area contributed by atoms with Crippen LogP contribution in [0.5, 0.6) is 0 Å². The minimum absolute atomic E-state index is 0.00795. The molecule has 6 heteroatoms. The molecule has 1 aromatic rings. The lowest BCUT2D eigenvalue weighted by atomic mass is 10.1. The van der Waals surface area contributed by atoms with E-state index >= 15 is 0 Å². The number of ether oxygens (including phenoxy) is 1. The molecule has 2 rings (SSSR count). The van der Waals surface area contributed by atoms with Gasteiger partial charge in [-0.3, -0.25) is 4.79 Å². The first-order valence-electron chi connectivity index (χ1n) is 6.27. The number of likely N-dealkylation sites (tertiary alicyclic amines) is 1. The number of amides is 1. The van der Waals surface area contributed by atoms with E-state index in [2.05, 4.69) is 4.74 Å². The number of hydrogen-bond acceptors (Lipinski definition) is 4. The van der Waals surface area contributed by atoms with Gasteiger partial charge in [0.1, 0.15) is 11.9 Å². The minimum atomic E-state index is -0.873. The van der Waals surface area contributed by atoms with Gasteiger partial charge in [-0.25, -0.2) is 9.18 Å². The molecular formula is C14H16FNO4. The van der Waals surface area contributed by atoms with E-state index in [9.17, 15) is 19.1 Å². The second kappa shape index (κ2) is 5.58. The van der Waals surface area contributed by atoms with Gasteiger partial charge >= 0.3 is 5.97 Å². The molecule has 0 aromatic heterocycles. The van der Waals surface area contributed by atoms with Gasteiger partial charge in [0.2, 0.25) is 0 Å². The average molecular weight is 281 g/mol. The summed E-state index contributed by atoms with van der Waals surface area (Å²) >= 11 is 0. The molecule has 1 heterocycles. The molecule has 0 radical (unpaired) electrons. The Morgan fingerprint density at radius 3 is 2.80 bits per heavy atom. The highest BCUT2D eigenvalue weighted by Crippen LogP contribution is 2.23. The first-order valence-corrected chi connectivity index (χ1v) is 6.27. The molecule has 5 nitrogen and oxygen atoms in total. The van der Waals surface area contributed by atoms with E-state index in [1.54, 1.807) is 13.0 Å². The van der Waals surface area contributed by atoms with Crippen LogP contribution in [0, 0.1) is 12.7 Å². The van der Waals surface area contributed by atoms with Crippen molar-refractivity contribution in [2.75, 3.05) is 13.7 Å². The van der Waals surface area contributed by atoms with E-state index in [-0.39, 0.29) is 18.5 Å². The molecule has 1 saturated heterocycles. The van der Waals surface area contributed by atoms with Crippen molar-refractivity contribution >= 4 is 11.9 Å². The molecule has 1 aliphatic rings. The van der Waals surface area contributed by atoms with Crippen LogP contribution < -0.4 is 0 Å². The zero-order chi connectivity index (χ0) is 14.9. The molecule has 1 aliphatic heterocycles. The van der Waals surface area contributed by atoms with E-state index in [1.165, 1.54) is 19.2 Å². The zero-order valence-electron chi connectivity index (χ0n) is 11.3. The van der Waals surface area contributed by atoms with E-state index in [4.69, 9.17) is 0 Å². The molecule has 20 heavy (non-hydrogen) atoms. The third-order valence-corrected chi connectivity index (χ3v) is 3.37. The number of nitrogens with zero attached hydrogens (tertiary/aromatic N) is 1.